The van der Waals surface area contributed by atoms with E-state index < -0.39 is 0 Å². The van der Waals surface area contributed by atoms with Gasteiger partial charge in [-0.3, -0.25) is 4.79 Å². The number of hydrogen-bond acceptors (Lipinski definition) is 2. The highest BCUT2D eigenvalue weighted by Crippen LogP contribution is 2.39. The molecule has 0 bridgehead atoms. The van der Waals surface area contributed by atoms with Gasteiger partial charge in [-0.05, 0) is 68.4 Å². The first-order chi connectivity index (χ1) is 12.5. The minimum Gasteiger partial charge on any atom is -0.459 e. The smallest absolute Gasteiger partial charge is 0.309 e. The molecule has 1 atom stereocenters. The summed E-state index contributed by atoms with van der Waals surface area (Å²) < 4.78 is 8.46. The van der Waals surface area contributed by atoms with Crippen LogP contribution in [0.25, 0.3) is 10.9 Å². The number of benzene rings is 1. The van der Waals surface area contributed by atoms with Gasteiger partial charge in [0, 0.05) is 24.2 Å². The van der Waals surface area contributed by atoms with Crippen LogP contribution < -0.4 is 0 Å². The first kappa shape index (κ1) is 17.6. The molecule has 0 spiro atoms. The van der Waals surface area contributed by atoms with Crippen molar-refractivity contribution in [2.75, 3.05) is 0 Å². The number of carbonyl (C=O) groups excluding carboxylic acids is 1. The van der Waals surface area contributed by atoms with Crippen molar-refractivity contribution in [3.63, 3.8) is 0 Å². The second kappa shape index (κ2) is 6.75. The van der Waals surface area contributed by atoms with Crippen molar-refractivity contribution in [1.29, 1.82) is 0 Å². The van der Waals surface area contributed by atoms with Crippen LogP contribution in [0.1, 0.15) is 58.6 Å². The van der Waals surface area contributed by atoms with E-state index in [0.717, 1.165) is 44.1 Å². The highest BCUT2D eigenvalue weighted by atomic mass is 16.6. The van der Waals surface area contributed by atoms with Crippen LogP contribution >= 0.6 is 0 Å². The molecule has 1 aliphatic carbocycles. The Labute approximate surface area is 156 Å². The van der Waals surface area contributed by atoms with Gasteiger partial charge in [0.25, 0.3) is 0 Å². The number of para-hydroxylation sites is 1. The Morgan fingerprint density at radius 1 is 1.19 bits per heavy atom. The largest absolute Gasteiger partial charge is 0.459 e. The lowest BCUT2D eigenvalue weighted by molar-refractivity contribution is -0.168. The van der Waals surface area contributed by atoms with E-state index in [1.54, 1.807) is 0 Å². The van der Waals surface area contributed by atoms with Gasteiger partial charge >= 0.3 is 5.97 Å². The molecule has 0 N–H and O–H groups in total. The summed E-state index contributed by atoms with van der Waals surface area (Å²) in [6.07, 6.45) is 6.07. The molecule has 3 nitrogen and oxygen atoms in total. The van der Waals surface area contributed by atoms with Crippen molar-refractivity contribution in [3.8, 4) is 0 Å². The molecule has 2 aliphatic rings. The normalized spacial score (nSPS) is 28.9. The fourth-order valence-electron chi connectivity index (χ4n) is 4.89. The van der Waals surface area contributed by atoms with Crippen LogP contribution in [0.15, 0.2) is 30.3 Å². The molecular formula is C23H31NO2. The second-order valence-electron chi connectivity index (χ2n) is 8.99. The molecular weight excluding hydrogens is 322 g/mol. The first-order valence-corrected chi connectivity index (χ1v) is 10.3. The van der Waals surface area contributed by atoms with E-state index in [4.69, 9.17) is 4.74 Å². The summed E-state index contributed by atoms with van der Waals surface area (Å²) in [6.45, 7) is 7.66. The van der Waals surface area contributed by atoms with Gasteiger partial charge in [0.2, 0.25) is 0 Å². The fourth-order valence-corrected chi connectivity index (χ4v) is 4.89. The third kappa shape index (κ3) is 3.28. The summed E-state index contributed by atoms with van der Waals surface area (Å²) in [5.74, 6) is 1.54. The predicted molar refractivity (Wildman–Crippen MR) is 105 cm³/mol. The number of fused-ring (bicyclic) bond motifs is 3. The van der Waals surface area contributed by atoms with E-state index in [2.05, 4.69) is 55.7 Å². The number of esters is 1. The zero-order valence-electron chi connectivity index (χ0n) is 16.3. The molecule has 140 valence electrons. The van der Waals surface area contributed by atoms with Crippen LogP contribution in [0.5, 0.6) is 0 Å². The lowest BCUT2D eigenvalue weighted by Gasteiger charge is -2.39. The van der Waals surface area contributed by atoms with Gasteiger partial charge in [0.05, 0.1) is 5.92 Å². The first-order valence-electron chi connectivity index (χ1n) is 10.3. The average Bonchev–Trinajstić information content (AvgIpc) is 2.99. The van der Waals surface area contributed by atoms with Gasteiger partial charge in [-0.15, -0.1) is 0 Å². The third-order valence-electron chi connectivity index (χ3n) is 6.76. The lowest BCUT2D eigenvalue weighted by Crippen LogP contribution is -2.40. The van der Waals surface area contributed by atoms with Gasteiger partial charge in [-0.2, -0.15) is 0 Å². The van der Waals surface area contributed by atoms with E-state index in [1.165, 1.54) is 29.4 Å². The van der Waals surface area contributed by atoms with Gasteiger partial charge in [-0.1, -0.05) is 32.0 Å². The molecule has 0 unspecified atom stereocenters. The van der Waals surface area contributed by atoms with Crippen LogP contribution in [0, 0.1) is 17.8 Å². The summed E-state index contributed by atoms with van der Waals surface area (Å²) in [7, 11) is 0. The fraction of sp³-hybridized carbons (Fsp3) is 0.609. The van der Waals surface area contributed by atoms with Crippen molar-refractivity contribution >= 4 is 16.9 Å². The van der Waals surface area contributed by atoms with Crippen molar-refractivity contribution in [1.82, 2.24) is 4.57 Å². The minimum absolute atomic E-state index is 0.00598. The Morgan fingerprint density at radius 2 is 1.92 bits per heavy atom. The van der Waals surface area contributed by atoms with E-state index in [-0.39, 0.29) is 17.5 Å². The van der Waals surface area contributed by atoms with Crippen molar-refractivity contribution in [2.45, 2.75) is 71.4 Å². The Kier molecular flexibility index (Phi) is 4.58. The Morgan fingerprint density at radius 3 is 2.65 bits per heavy atom. The Hall–Kier alpha value is -1.77. The van der Waals surface area contributed by atoms with Crippen molar-refractivity contribution in [2.24, 2.45) is 17.8 Å². The molecule has 1 fully saturated rings. The van der Waals surface area contributed by atoms with Crippen LogP contribution in [-0.4, -0.2) is 16.1 Å². The summed E-state index contributed by atoms with van der Waals surface area (Å²) >= 11 is 0. The van der Waals surface area contributed by atoms with E-state index in [0.29, 0.717) is 0 Å². The maximum atomic E-state index is 12.9. The van der Waals surface area contributed by atoms with Gasteiger partial charge < -0.3 is 9.30 Å². The number of hydrogen-bond donors (Lipinski definition) is 0. The number of aryl methyl sites for hydroxylation is 1. The molecule has 0 saturated heterocycles. The Balaban J connectivity index is 1.42. The second-order valence-corrected chi connectivity index (χ2v) is 8.99. The molecule has 0 radical (unpaired) electrons. The number of ether oxygens (including phenoxy) is 1. The molecule has 0 amide bonds. The quantitative estimate of drug-likeness (QED) is 0.696. The number of nitrogens with zero attached hydrogens (tertiary/aromatic N) is 1. The molecule has 1 saturated carbocycles. The maximum Gasteiger partial charge on any atom is 0.309 e. The zero-order valence-corrected chi connectivity index (χ0v) is 16.3. The molecule has 1 aromatic carbocycles. The van der Waals surface area contributed by atoms with E-state index >= 15 is 0 Å². The monoisotopic (exact) mass is 353 g/mol. The summed E-state index contributed by atoms with van der Waals surface area (Å²) in [6, 6.07) is 10.7. The third-order valence-corrected chi connectivity index (χ3v) is 6.76. The minimum atomic E-state index is -0.257. The van der Waals surface area contributed by atoms with Crippen LogP contribution in [0.2, 0.25) is 0 Å². The topological polar surface area (TPSA) is 31.2 Å². The standard InChI is InChI=1S/C23H31NO2/c1-16(2)17-8-11-23(3,12-9-17)26-22(25)19-10-13-24-20(15-19)14-18-6-4-5-7-21(18)24/h4-7,14,16-17,19H,8-13,15H2,1-3H3/t17?,19-,23?/m0/s1. The van der Waals surface area contributed by atoms with Gasteiger partial charge in [0.15, 0.2) is 0 Å². The van der Waals surface area contributed by atoms with E-state index in [9.17, 15) is 4.79 Å². The molecule has 4 rings (SSSR count). The maximum absolute atomic E-state index is 12.9. The lowest BCUT2D eigenvalue weighted by atomic mass is 9.75. The van der Waals surface area contributed by atoms with Gasteiger partial charge in [-0.25, -0.2) is 0 Å². The van der Waals surface area contributed by atoms with E-state index in [1.807, 2.05) is 0 Å². The highest BCUT2D eigenvalue weighted by Gasteiger charge is 2.37. The summed E-state index contributed by atoms with van der Waals surface area (Å²) in [4.78, 5) is 12.9. The van der Waals surface area contributed by atoms with Crippen LogP contribution in [0.3, 0.4) is 0 Å². The molecule has 26 heavy (non-hydrogen) atoms. The molecule has 1 aromatic heterocycles. The molecule has 2 heterocycles. The SMILES string of the molecule is CC(C)C1CCC(C)(OC(=O)[C@H]2CCn3c(cc4ccccc43)C2)CC1. The predicted octanol–water partition coefficient (Wildman–Crippen LogP) is 5.35. The number of rotatable bonds is 3. The molecule has 3 heteroatoms. The van der Waals surface area contributed by atoms with Gasteiger partial charge in [0.1, 0.15) is 5.60 Å². The number of aromatic nitrogens is 1. The molecule has 1 aliphatic heterocycles. The zero-order chi connectivity index (χ0) is 18.3. The van der Waals surface area contributed by atoms with Crippen molar-refractivity contribution in [3.05, 3.63) is 36.0 Å². The Bertz CT molecular complexity index is 796. The van der Waals surface area contributed by atoms with Crippen LogP contribution in [-0.2, 0) is 22.5 Å². The number of carbonyl (C=O) groups is 1. The van der Waals surface area contributed by atoms with Crippen LogP contribution in [0.4, 0.5) is 0 Å². The average molecular weight is 354 g/mol. The van der Waals surface area contributed by atoms with Crippen molar-refractivity contribution < 1.29 is 9.53 Å². The molecule has 2 aromatic rings. The summed E-state index contributed by atoms with van der Waals surface area (Å²) in [5.41, 5.74) is 2.30. The highest BCUT2D eigenvalue weighted by molar-refractivity contribution is 5.82. The summed E-state index contributed by atoms with van der Waals surface area (Å²) in [5, 5.41) is 1.27.